The Hall–Kier alpha value is -0.0800. The van der Waals surface area contributed by atoms with Gasteiger partial charge < -0.3 is 10.1 Å². The second kappa shape index (κ2) is 6.41. The molecule has 0 aromatic rings. The molecule has 2 nitrogen and oxygen atoms in total. The fourth-order valence-corrected chi connectivity index (χ4v) is 2.23. The van der Waals surface area contributed by atoms with Gasteiger partial charge in [-0.25, -0.2) is 0 Å². The topological polar surface area (TPSA) is 21.3 Å². The van der Waals surface area contributed by atoms with Crippen molar-refractivity contribution >= 4 is 0 Å². The first-order valence-electron chi connectivity index (χ1n) is 6.10. The quantitative estimate of drug-likeness (QED) is 0.709. The zero-order valence-corrected chi connectivity index (χ0v) is 9.88. The molecule has 1 heterocycles. The number of hydrogen-bond acceptors (Lipinski definition) is 2. The maximum absolute atomic E-state index is 5.47. The molecule has 1 N–H and O–H groups in total. The summed E-state index contributed by atoms with van der Waals surface area (Å²) in [4.78, 5) is 0. The lowest BCUT2D eigenvalue weighted by atomic mass is 9.87. The Morgan fingerprint density at radius 3 is 2.71 bits per heavy atom. The van der Waals surface area contributed by atoms with Crippen LogP contribution in [-0.2, 0) is 4.74 Å². The molecule has 0 amide bonds. The van der Waals surface area contributed by atoms with Gasteiger partial charge in [-0.3, -0.25) is 0 Å². The maximum Gasteiger partial charge on any atom is 0.0510 e. The third kappa shape index (κ3) is 3.25. The van der Waals surface area contributed by atoms with E-state index < -0.39 is 0 Å². The van der Waals surface area contributed by atoms with Gasteiger partial charge in [0.15, 0.2) is 0 Å². The third-order valence-corrected chi connectivity index (χ3v) is 3.36. The Bertz CT molecular complexity index is 143. The summed E-state index contributed by atoms with van der Waals surface area (Å²) in [6.07, 6.45) is 3.73. The Labute approximate surface area is 88.4 Å². The average Bonchev–Trinajstić information content (AvgIpc) is 2.71. The van der Waals surface area contributed by atoms with Crippen LogP contribution in [0.5, 0.6) is 0 Å². The first-order chi connectivity index (χ1) is 6.79. The Kier molecular flexibility index (Phi) is 5.49. The van der Waals surface area contributed by atoms with Crippen molar-refractivity contribution in [3.8, 4) is 0 Å². The molecule has 0 radical (unpaired) electrons. The third-order valence-electron chi connectivity index (χ3n) is 3.36. The molecule has 3 atom stereocenters. The van der Waals surface area contributed by atoms with Crippen molar-refractivity contribution in [1.82, 2.24) is 5.32 Å². The van der Waals surface area contributed by atoms with Crippen LogP contribution in [-0.4, -0.2) is 25.8 Å². The normalized spacial score (nSPS) is 26.4. The van der Waals surface area contributed by atoms with Gasteiger partial charge in [-0.05, 0) is 25.3 Å². The van der Waals surface area contributed by atoms with Gasteiger partial charge in [-0.2, -0.15) is 0 Å². The SMILES string of the molecule is CCCNC(C(C)CC)C1CCOC1. The number of hydrogen-bond donors (Lipinski definition) is 1. The Balaban J connectivity index is 2.42. The van der Waals surface area contributed by atoms with E-state index >= 15 is 0 Å². The molecule has 1 aliphatic rings. The molecule has 1 aliphatic heterocycles. The van der Waals surface area contributed by atoms with Crippen LogP contribution in [0, 0.1) is 11.8 Å². The van der Waals surface area contributed by atoms with Crippen molar-refractivity contribution in [2.24, 2.45) is 11.8 Å². The molecular weight excluding hydrogens is 174 g/mol. The van der Waals surface area contributed by atoms with Crippen LogP contribution in [0.1, 0.15) is 40.0 Å². The van der Waals surface area contributed by atoms with Gasteiger partial charge >= 0.3 is 0 Å². The summed E-state index contributed by atoms with van der Waals surface area (Å²) >= 11 is 0. The minimum Gasteiger partial charge on any atom is -0.381 e. The largest absolute Gasteiger partial charge is 0.381 e. The van der Waals surface area contributed by atoms with E-state index in [4.69, 9.17) is 4.74 Å². The molecule has 2 heteroatoms. The van der Waals surface area contributed by atoms with Crippen LogP contribution in [0.15, 0.2) is 0 Å². The van der Waals surface area contributed by atoms with Crippen LogP contribution in [0.3, 0.4) is 0 Å². The van der Waals surface area contributed by atoms with Crippen molar-refractivity contribution < 1.29 is 4.74 Å². The Morgan fingerprint density at radius 1 is 1.43 bits per heavy atom. The summed E-state index contributed by atoms with van der Waals surface area (Å²) in [5.41, 5.74) is 0. The molecule has 0 aromatic carbocycles. The van der Waals surface area contributed by atoms with E-state index in [1.165, 1.54) is 19.3 Å². The van der Waals surface area contributed by atoms with Crippen LogP contribution >= 0.6 is 0 Å². The minimum atomic E-state index is 0.669. The van der Waals surface area contributed by atoms with E-state index in [2.05, 4.69) is 26.1 Å². The van der Waals surface area contributed by atoms with Gasteiger partial charge in [-0.15, -0.1) is 0 Å². The van der Waals surface area contributed by atoms with Gasteiger partial charge in [0, 0.05) is 18.6 Å². The lowest BCUT2D eigenvalue weighted by Crippen LogP contribution is -2.41. The molecule has 0 aromatic heterocycles. The first kappa shape index (κ1) is 12.0. The molecule has 0 bridgehead atoms. The highest BCUT2D eigenvalue weighted by atomic mass is 16.5. The van der Waals surface area contributed by atoms with Crippen molar-refractivity contribution in [3.63, 3.8) is 0 Å². The number of nitrogens with one attached hydrogen (secondary N) is 1. The van der Waals surface area contributed by atoms with Gasteiger partial charge in [0.05, 0.1) is 6.61 Å². The lowest BCUT2D eigenvalue weighted by Gasteiger charge is -2.29. The monoisotopic (exact) mass is 199 g/mol. The molecule has 84 valence electrons. The molecule has 0 spiro atoms. The van der Waals surface area contributed by atoms with Crippen LogP contribution in [0.25, 0.3) is 0 Å². The van der Waals surface area contributed by atoms with Crippen LogP contribution in [0.2, 0.25) is 0 Å². The molecule has 3 unspecified atom stereocenters. The van der Waals surface area contributed by atoms with E-state index in [-0.39, 0.29) is 0 Å². The highest BCUT2D eigenvalue weighted by Crippen LogP contribution is 2.23. The van der Waals surface area contributed by atoms with Crippen LogP contribution in [0.4, 0.5) is 0 Å². The van der Waals surface area contributed by atoms with Crippen LogP contribution < -0.4 is 5.32 Å². The standard InChI is InChI=1S/C12H25NO/c1-4-7-13-12(10(3)5-2)11-6-8-14-9-11/h10-13H,4-9H2,1-3H3. The van der Waals surface area contributed by atoms with Gasteiger partial charge in [0.1, 0.15) is 0 Å². The summed E-state index contributed by atoms with van der Waals surface area (Å²) < 4.78 is 5.47. The van der Waals surface area contributed by atoms with Crippen molar-refractivity contribution in [2.45, 2.75) is 46.1 Å². The fourth-order valence-electron chi connectivity index (χ4n) is 2.23. The molecule has 1 rings (SSSR count). The zero-order valence-electron chi connectivity index (χ0n) is 9.88. The summed E-state index contributed by atoms with van der Waals surface area (Å²) in [7, 11) is 0. The maximum atomic E-state index is 5.47. The van der Waals surface area contributed by atoms with Crippen molar-refractivity contribution in [2.75, 3.05) is 19.8 Å². The molecule has 0 saturated carbocycles. The van der Waals surface area contributed by atoms with E-state index in [9.17, 15) is 0 Å². The smallest absolute Gasteiger partial charge is 0.0510 e. The second-order valence-electron chi connectivity index (χ2n) is 4.49. The van der Waals surface area contributed by atoms with E-state index in [1.807, 2.05) is 0 Å². The summed E-state index contributed by atoms with van der Waals surface area (Å²) in [6, 6.07) is 0.669. The van der Waals surface area contributed by atoms with Gasteiger partial charge in [-0.1, -0.05) is 27.2 Å². The fraction of sp³-hybridized carbons (Fsp3) is 1.00. The van der Waals surface area contributed by atoms with Gasteiger partial charge in [0.25, 0.3) is 0 Å². The first-order valence-corrected chi connectivity index (χ1v) is 6.10. The summed E-state index contributed by atoms with van der Waals surface area (Å²) in [5.74, 6) is 1.52. The lowest BCUT2D eigenvalue weighted by molar-refractivity contribution is 0.166. The van der Waals surface area contributed by atoms with Crippen molar-refractivity contribution in [3.05, 3.63) is 0 Å². The minimum absolute atomic E-state index is 0.669. The van der Waals surface area contributed by atoms with E-state index in [0.29, 0.717) is 6.04 Å². The highest BCUT2D eigenvalue weighted by molar-refractivity contribution is 4.82. The predicted molar refractivity (Wildman–Crippen MR) is 60.5 cm³/mol. The average molecular weight is 199 g/mol. The van der Waals surface area contributed by atoms with Gasteiger partial charge in [0.2, 0.25) is 0 Å². The zero-order chi connectivity index (χ0) is 10.4. The Morgan fingerprint density at radius 2 is 2.21 bits per heavy atom. The molecule has 0 aliphatic carbocycles. The molecule has 1 saturated heterocycles. The summed E-state index contributed by atoms with van der Waals surface area (Å²) in [6.45, 7) is 9.93. The second-order valence-corrected chi connectivity index (χ2v) is 4.49. The number of rotatable bonds is 6. The molecule has 1 fully saturated rings. The van der Waals surface area contributed by atoms with E-state index in [0.717, 1.165) is 31.6 Å². The van der Waals surface area contributed by atoms with E-state index in [1.54, 1.807) is 0 Å². The molecule has 14 heavy (non-hydrogen) atoms. The van der Waals surface area contributed by atoms with Crippen molar-refractivity contribution in [1.29, 1.82) is 0 Å². The predicted octanol–water partition coefficient (Wildman–Crippen LogP) is 2.44. The highest BCUT2D eigenvalue weighted by Gasteiger charge is 2.28. The number of ether oxygens (including phenoxy) is 1. The summed E-state index contributed by atoms with van der Waals surface area (Å²) in [5, 5.41) is 3.68. The molecular formula is C12H25NO.